The molecule has 2 fully saturated rings. The zero-order valence-corrected chi connectivity index (χ0v) is 13.9. The van der Waals surface area contributed by atoms with E-state index in [2.05, 4.69) is 39.1 Å². The second kappa shape index (κ2) is 6.57. The lowest BCUT2D eigenvalue weighted by atomic mass is 9.74. The Labute approximate surface area is 124 Å². The van der Waals surface area contributed by atoms with E-state index in [1.165, 1.54) is 43.5 Å². The third kappa shape index (κ3) is 4.56. The zero-order valence-electron chi connectivity index (χ0n) is 13.9. The number of ether oxygens (including phenoxy) is 1. The van der Waals surface area contributed by atoms with Crippen molar-refractivity contribution in [3.8, 4) is 0 Å². The van der Waals surface area contributed by atoms with Gasteiger partial charge in [0.1, 0.15) is 17.7 Å². The molecule has 3 heteroatoms. The molecule has 0 amide bonds. The number of hydrogen-bond donors (Lipinski definition) is 2. The highest BCUT2D eigenvalue weighted by Gasteiger charge is 2.44. The molecule has 0 unspecified atom stereocenters. The first kappa shape index (κ1) is 16.0. The minimum Gasteiger partial charge on any atom is -0.375 e. The largest absolute Gasteiger partial charge is 0.375 e. The van der Waals surface area contributed by atoms with Crippen LogP contribution < -0.4 is 9.89 Å². The zero-order chi connectivity index (χ0) is 14.6. The Morgan fingerprint density at radius 3 is 2.50 bits per heavy atom. The van der Waals surface area contributed by atoms with Gasteiger partial charge in [0.15, 0.2) is 0 Å². The fraction of sp³-hybridized carbons (Fsp3) is 0.941. The first-order chi connectivity index (χ1) is 9.41. The molecule has 20 heavy (non-hydrogen) atoms. The number of hydrogen-bond acceptors (Lipinski definition) is 1. The topological polar surface area (TPSA) is 27.6 Å². The van der Waals surface area contributed by atoms with Gasteiger partial charge in [-0.15, -0.1) is 0 Å². The maximum atomic E-state index is 5.94. The van der Waals surface area contributed by atoms with Crippen molar-refractivity contribution in [2.45, 2.75) is 70.4 Å². The lowest BCUT2D eigenvalue weighted by Crippen LogP contribution is -3.07. The minimum absolute atomic E-state index is 0.0123. The summed E-state index contributed by atoms with van der Waals surface area (Å²) in [5.74, 6) is 0. The Balaban J connectivity index is 2.07. The molecule has 116 valence electrons. The van der Waals surface area contributed by atoms with Crippen LogP contribution in [0.25, 0.3) is 0 Å². The second-order valence-electron chi connectivity index (χ2n) is 7.93. The van der Waals surface area contributed by atoms with E-state index in [4.69, 9.17) is 4.74 Å². The molecule has 2 aliphatic rings. The van der Waals surface area contributed by atoms with E-state index < -0.39 is 0 Å². The third-order valence-corrected chi connectivity index (χ3v) is 4.81. The highest BCUT2D eigenvalue weighted by Crippen LogP contribution is 2.36. The molecule has 0 radical (unpaired) electrons. The predicted molar refractivity (Wildman–Crippen MR) is 83.3 cm³/mol. The predicted octanol–water partition coefficient (Wildman–Crippen LogP) is 0.190. The van der Waals surface area contributed by atoms with Crippen LogP contribution in [-0.2, 0) is 4.74 Å². The lowest BCUT2D eigenvalue weighted by molar-refractivity contribution is -0.865. The smallest absolute Gasteiger partial charge is 0.150 e. The Hall–Kier alpha value is -0.410. The van der Waals surface area contributed by atoms with Crippen LogP contribution in [0.5, 0.6) is 0 Å². The van der Waals surface area contributed by atoms with E-state index >= 15 is 0 Å². The van der Waals surface area contributed by atoms with Gasteiger partial charge in [-0.3, -0.25) is 0 Å². The molecule has 1 aliphatic carbocycles. The second-order valence-corrected chi connectivity index (χ2v) is 7.93. The maximum Gasteiger partial charge on any atom is 0.150 e. The summed E-state index contributed by atoms with van der Waals surface area (Å²) >= 11 is 0. The third-order valence-electron chi connectivity index (χ3n) is 4.81. The van der Waals surface area contributed by atoms with Gasteiger partial charge in [-0.05, 0) is 39.5 Å². The summed E-state index contributed by atoms with van der Waals surface area (Å²) < 4.78 is 5.94. The molecule has 0 aromatic heterocycles. The van der Waals surface area contributed by atoms with E-state index in [9.17, 15) is 0 Å². The molecule has 0 bridgehead atoms. The minimum atomic E-state index is 0.0123. The van der Waals surface area contributed by atoms with Gasteiger partial charge in [-0.2, -0.15) is 0 Å². The van der Waals surface area contributed by atoms with Crippen molar-refractivity contribution < 1.29 is 14.6 Å². The molecule has 1 saturated carbocycles. The van der Waals surface area contributed by atoms with Crippen molar-refractivity contribution in [2.75, 3.05) is 27.2 Å². The van der Waals surface area contributed by atoms with E-state index in [0.717, 1.165) is 19.4 Å². The molecule has 1 saturated heterocycles. The summed E-state index contributed by atoms with van der Waals surface area (Å²) in [5.41, 5.74) is 0.302. The summed E-state index contributed by atoms with van der Waals surface area (Å²) in [4.78, 5) is 5.31. The van der Waals surface area contributed by atoms with Crippen molar-refractivity contribution in [2.24, 2.45) is 5.41 Å². The van der Waals surface area contributed by atoms with Gasteiger partial charge in [0, 0.05) is 19.4 Å². The molecular formula is C17H34N2O+2. The van der Waals surface area contributed by atoms with E-state index in [1.807, 2.05) is 0 Å². The van der Waals surface area contributed by atoms with Gasteiger partial charge in [0.05, 0.1) is 26.2 Å². The van der Waals surface area contributed by atoms with Crippen LogP contribution in [0.15, 0.2) is 0 Å². The highest BCUT2D eigenvalue weighted by atomic mass is 16.5. The fourth-order valence-electron chi connectivity index (χ4n) is 4.11. The standard InChI is InChI=1S/C17H32N2O/c1-16(2)12-17(10-11-20-16,14-19(3)4)13-18-15-8-6-5-7-9-15/h13,15H,5-12,14H2,1-4H3/p+2/t17-/m0/s1. The molecule has 0 aromatic rings. The van der Waals surface area contributed by atoms with Crippen molar-refractivity contribution in [1.82, 2.24) is 0 Å². The molecule has 2 N–H and O–H groups in total. The van der Waals surface area contributed by atoms with Crippen LogP contribution in [0.4, 0.5) is 0 Å². The molecule has 0 spiro atoms. The SMILES string of the molecule is C[NH+](C)C[C@@]1(C=[NH+]C2CCCCC2)CCOC(C)(C)C1. The van der Waals surface area contributed by atoms with Crippen LogP contribution in [-0.4, -0.2) is 45.1 Å². The number of quaternary nitrogens is 1. The summed E-state index contributed by atoms with van der Waals surface area (Å²) in [6, 6.07) is 0.712. The van der Waals surface area contributed by atoms with Crippen LogP contribution >= 0.6 is 0 Å². The van der Waals surface area contributed by atoms with Crippen LogP contribution in [0.3, 0.4) is 0 Å². The van der Waals surface area contributed by atoms with Gasteiger partial charge in [-0.1, -0.05) is 6.42 Å². The van der Waals surface area contributed by atoms with E-state index in [-0.39, 0.29) is 11.0 Å². The van der Waals surface area contributed by atoms with Crippen molar-refractivity contribution in [3.05, 3.63) is 0 Å². The maximum absolute atomic E-state index is 5.94. The Bertz CT molecular complexity index is 332. The number of nitrogens with one attached hydrogen (secondary N) is 2. The van der Waals surface area contributed by atoms with E-state index in [1.54, 1.807) is 0 Å². The summed E-state index contributed by atoms with van der Waals surface area (Å²) in [6.45, 7) is 6.56. The molecule has 3 nitrogen and oxygen atoms in total. The first-order valence-electron chi connectivity index (χ1n) is 8.44. The molecule has 0 aromatic carbocycles. The monoisotopic (exact) mass is 282 g/mol. The van der Waals surface area contributed by atoms with Gasteiger partial charge < -0.3 is 9.64 Å². The van der Waals surface area contributed by atoms with Gasteiger partial charge >= 0.3 is 0 Å². The average molecular weight is 282 g/mol. The molecule has 2 rings (SSSR count). The molecular weight excluding hydrogens is 248 g/mol. The van der Waals surface area contributed by atoms with E-state index in [0.29, 0.717) is 6.04 Å². The van der Waals surface area contributed by atoms with Crippen LogP contribution in [0, 0.1) is 5.41 Å². The van der Waals surface area contributed by atoms with Crippen LogP contribution in [0.2, 0.25) is 0 Å². The van der Waals surface area contributed by atoms with Gasteiger partial charge in [0.2, 0.25) is 0 Å². The van der Waals surface area contributed by atoms with Crippen molar-refractivity contribution in [3.63, 3.8) is 0 Å². The highest BCUT2D eigenvalue weighted by molar-refractivity contribution is 5.60. The van der Waals surface area contributed by atoms with Crippen molar-refractivity contribution in [1.29, 1.82) is 0 Å². The fourth-order valence-corrected chi connectivity index (χ4v) is 4.11. The summed E-state index contributed by atoms with van der Waals surface area (Å²) in [6.07, 6.45) is 11.7. The molecule has 1 heterocycles. The number of rotatable bonds is 4. The van der Waals surface area contributed by atoms with Gasteiger partial charge in [-0.25, -0.2) is 4.99 Å². The molecule has 1 aliphatic heterocycles. The normalized spacial score (nSPS) is 32.0. The first-order valence-corrected chi connectivity index (χ1v) is 8.44. The Morgan fingerprint density at radius 1 is 1.20 bits per heavy atom. The Morgan fingerprint density at radius 2 is 1.90 bits per heavy atom. The van der Waals surface area contributed by atoms with Gasteiger partial charge in [0.25, 0.3) is 0 Å². The average Bonchev–Trinajstić information content (AvgIpc) is 2.36. The lowest BCUT2D eigenvalue weighted by Gasteiger charge is -2.41. The summed E-state index contributed by atoms with van der Waals surface area (Å²) in [5, 5.41) is 0. The molecule has 1 atom stereocenters. The quantitative estimate of drug-likeness (QED) is 0.708. The summed E-state index contributed by atoms with van der Waals surface area (Å²) in [7, 11) is 4.53. The van der Waals surface area contributed by atoms with Crippen molar-refractivity contribution >= 4 is 6.21 Å². The Kier molecular flexibility index (Phi) is 5.25. The van der Waals surface area contributed by atoms with Crippen LogP contribution in [0.1, 0.15) is 58.8 Å².